The summed E-state index contributed by atoms with van der Waals surface area (Å²) in [5.74, 6) is 0. The van der Waals surface area contributed by atoms with Gasteiger partial charge in [0, 0.05) is 6.20 Å². The zero-order valence-electron chi connectivity index (χ0n) is 8.65. The van der Waals surface area contributed by atoms with Crippen molar-refractivity contribution in [2.24, 2.45) is 0 Å². The molecule has 14 heavy (non-hydrogen) atoms. The second-order valence-corrected chi connectivity index (χ2v) is 4.41. The maximum atomic E-state index is 4.35. The Morgan fingerprint density at radius 3 is 2.64 bits per heavy atom. The number of pyridine rings is 1. The first kappa shape index (κ1) is 9.06. The summed E-state index contributed by atoms with van der Waals surface area (Å²) in [6.07, 6.45) is 3.57. The Morgan fingerprint density at radius 1 is 1.14 bits per heavy atom. The molecule has 0 bridgehead atoms. The zero-order valence-corrected chi connectivity index (χ0v) is 8.65. The number of aromatic nitrogens is 3. The molecule has 0 unspecified atom stereocenters. The molecule has 0 fully saturated rings. The smallest absolute Gasteiger partial charge is 0.112 e. The molecule has 0 spiro atoms. The van der Waals surface area contributed by atoms with Gasteiger partial charge in [0.25, 0.3) is 0 Å². The first-order valence-electron chi connectivity index (χ1n) is 4.65. The molecule has 2 aromatic rings. The summed E-state index contributed by atoms with van der Waals surface area (Å²) in [4.78, 5) is 4.35. The van der Waals surface area contributed by atoms with Crippen LogP contribution in [0.1, 0.15) is 26.3 Å². The van der Waals surface area contributed by atoms with Gasteiger partial charge in [-0.1, -0.05) is 20.8 Å². The Morgan fingerprint density at radius 2 is 1.93 bits per heavy atom. The highest BCUT2D eigenvalue weighted by Crippen LogP contribution is 2.23. The van der Waals surface area contributed by atoms with Crippen molar-refractivity contribution in [3.8, 4) is 0 Å². The van der Waals surface area contributed by atoms with Crippen LogP contribution in [0.25, 0.3) is 11.0 Å². The molecule has 0 aliphatic rings. The van der Waals surface area contributed by atoms with E-state index in [0.29, 0.717) is 0 Å². The van der Waals surface area contributed by atoms with Gasteiger partial charge in [-0.2, -0.15) is 5.10 Å². The molecule has 0 amide bonds. The van der Waals surface area contributed by atoms with E-state index in [9.17, 15) is 0 Å². The van der Waals surface area contributed by atoms with Crippen LogP contribution in [0.15, 0.2) is 24.5 Å². The molecular formula is C11H13N3. The largest absolute Gasteiger partial charge is 0.254 e. The lowest BCUT2D eigenvalue weighted by molar-refractivity contribution is 0.588. The number of hydrogen-bond donors (Lipinski definition) is 0. The van der Waals surface area contributed by atoms with Gasteiger partial charge < -0.3 is 0 Å². The Kier molecular flexibility index (Phi) is 1.95. The molecule has 3 nitrogen and oxygen atoms in total. The molecule has 2 aromatic heterocycles. The van der Waals surface area contributed by atoms with Gasteiger partial charge in [-0.25, -0.2) is 0 Å². The monoisotopic (exact) mass is 187 g/mol. The molecular weight excluding hydrogens is 174 g/mol. The molecule has 2 rings (SSSR count). The normalized spacial score (nSPS) is 11.9. The van der Waals surface area contributed by atoms with Crippen LogP contribution in [0.4, 0.5) is 0 Å². The van der Waals surface area contributed by atoms with E-state index >= 15 is 0 Å². The fraction of sp³-hybridized carbons (Fsp3) is 0.364. The van der Waals surface area contributed by atoms with Crippen molar-refractivity contribution in [3.05, 3.63) is 30.1 Å². The first-order valence-corrected chi connectivity index (χ1v) is 4.65. The Hall–Kier alpha value is -1.51. The zero-order chi connectivity index (χ0) is 10.2. The van der Waals surface area contributed by atoms with E-state index in [1.54, 1.807) is 6.20 Å². The van der Waals surface area contributed by atoms with E-state index < -0.39 is 0 Å². The molecule has 0 aliphatic carbocycles. The summed E-state index contributed by atoms with van der Waals surface area (Å²) < 4.78 is 0. The van der Waals surface area contributed by atoms with Crippen molar-refractivity contribution >= 4 is 11.0 Å². The molecule has 0 saturated heterocycles. The maximum absolute atomic E-state index is 4.35. The molecule has 0 N–H and O–H groups in total. The molecule has 0 radical (unpaired) electrons. The van der Waals surface area contributed by atoms with Crippen molar-refractivity contribution in [2.45, 2.75) is 26.2 Å². The van der Waals surface area contributed by atoms with Gasteiger partial charge in [-0.15, -0.1) is 5.10 Å². The Balaban J connectivity index is 2.63. The molecule has 0 aromatic carbocycles. The highest BCUT2D eigenvalue weighted by molar-refractivity contribution is 5.73. The summed E-state index contributed by atoms with van der Waals surface area (Å²) >= 11 is 0. The quantitative estimate of drug-likeness (QED) is 0.635. The predicted molar refractivity (Wildman–Crippen MR) is 56.0 cm³/mol. The molecule has 3 heteroatoms. The molecule has 2 heterocycles. The van der Waals surface area contributed by atoms with Crippen molar-refractivity contribution in [1.82, 2.24) is 15.2 Å². The van der Waals surface area contributed by atoms with Crippen molar-refractivity contribution in [2.75, 3.05) is 0 Å². The van der Waals surface area contributed by atoms with E-state index in [1.807, 2.05) is 12.3 Å². The van der Waals surface area contributed by atoms with Crippen LogP contribution < -0.4 is 0 Å². The van der Waals surface area contributed by atoms with E-state index in [0.717, 1.165) is 11.0 Å². The van der Waals surface area contributed by atoms with E-state index in [4.69, 9.17) is 0 Å². The summed E-state index contributed by atoms with van der Waals surface area (Å²) in [6.45, 7) is 6.48. The molecule has 72 valence electrons. The van der Waals surface area contributed by atoms with Crippen molar-refractivity contribution < 1.29 is 0 Å². The third-order valence-corrected chi connectivity index (χ3v) is 2.23. The van der Waals surface area contributed by atoms with Crippen LogP contribution in [0.2, 0.25) is 0 Å². The van der Waals surface area contributed by atoms with Gasteiger partial charge in [-0.05, 0) is 23.1 Å². The minimum atomic E-state index is 0.110. The van der Waals surface area contributed by atoms with Crippen LogP contribution in [-0.4, -0.2) is 15.2 Å². The average Bonchev–Trinajstić information content (AvgIpc) is 2.16. The van der Waals surface area contributed by atoms with Gasteiger partial charge >= 0.3 is 0 Å². The Bertz CT molecular complexity index is 457. The number of nitrogens with zero attached hydrogens (tertiary/aromatic N) is 3. The van der Waals surface area contributed by atoms with Gasteiger partial charge in [0.05, 0.1) is 11.7 Å². The minimum absolute atomic E-state index is 0.110. The van der Waals surface area contributed by atoms with Crippen LogP contribution in [0, 0.1) is 0 Å². The predicted octanol–water partition coefficient (Wildman–Crippen LogP) is 2.32. The van der Waals surface area contributed by atoms with Crippen LogP contribution in [-0.2, 0) is 5.41 Å². The molecule has 0 aliphatic heterocycles. The summed E-state index contributed by atoms with van der Waals surface area (Å²) in [6, 6.07) is 3.92. The van der Waals surface area contributed by atoms with Gasteiger partial charge in [0.15, 0.2) is 0 Å². The summed E-state index contributed by atoms with van der Waals surface area (Å²) in [7, 11) is 0. The number of rotatable bonds is 0. The van der Waals surface area contributed by atoms with Crippen LogP contribution >= 0.6 is 0 Å². The second-order valence-electron chi connectivity index (χ2n) is 4.41. The average molecular weight is 187 g/mol. The number of fused-ring (bicyclic) bond motifs is 1. The molecule has 0 saturated carbocycles. The van der Waals surface area contributed by atoms with Gasteiger partial charge in [0.1, 0.15) is 5.52 Å². The minimum Gasteiger partial charge on any atom is -0.254 e. The Labute approximate surface area is 83.2 Å². The highest BCUT2D eigenvalue weighted by Gasteiger charge is 2.14. The molecule has 0 atom stereocenters. The van der Waals surface area contributed by atoms with E-state index in [1.165, 1.54) is 5.56 Å². The van der Waals surface area contributed by atoms with E-state index in [2.05, 4.69) is 42.0 Å². The highest BCUT2D eigenvalue weighted by atomic mass is 15.1. The second kappa shape index (κ2) is 3.01. The third kappa shape index (κ3) is 1.58. The lowest BCUT2D eigenvalue weighted by atomic mass is 9.88. The maximum Gasteiger partial charge on any atom is 0.112 e. The SMILES string of the molecule is CC(C)(C)c1cnc2ccnnc2c1. The standard InChI is InChI=1S/C11H13N3/c1-11(2,3)8-6-10-9(12-7-8)4-5-13-14-10/h4-7H,1-3H3. The van der Waals surface area contributed by atoms with Crippen LogP contribution in [0.3, 0.4) is 0 Å². The van der Waals surface area contributed by atoms with Gasteiger partial charge in [-0.3, -0.25) is 4.98 Å². The summed E-state index contributed by atoms with van der Waals surface area (Å²) in [5.41, 5.74) is 3.05. The third-order valence-electron chi connectivity index (χ3n) is 2.23. The van der Waals surface area contributed by atoms with Crippen molar-refractivity contribution in [1.29, 1.82) is 0 Å². The van der Waals surface area contributed by atoms with Gasteiger partial charge in [0.2, 0.25) is 0 Å². The first-order chi connectivity index (χ1) is 6.57. The fourth-order valence-corrected chi connectivity index (χ4v) is 1.28. The van der Waals surface area contributed by atoms with Crippen molar-refractivity contribution in [3.63, 3.8) is 0 Å². The van der Waals surface area contributed by atoms with E-state index in [-0.39, 0.29) is 5.41 Å². The lowest BCUT2D eigenvalue weighted by Crippen LogP contribution is -2.11. The topological polar surface area (TPSA) is 38.7 Å². The number of hydrogen-bond acceptors (Lipinski definition) is 3. The summed E-state index contributed by atoms with van der Waals surface area (Å²) in [5, 5.41) is 7.89. The van der Waals surface area contributed by atoms with Crippen LogP contribution in [0.5, 0.6) is 0 Å². The fourth-order valence-electron chi connectivity index (χ4n) is 1.28. The lowest BCUT2D eigenvalue weighted by Gasteiger charge is -2.18.